The summed E-state index contributed by atoms with van der Waals surface area (Å²) in [5, 5.41) is 10.4. The molecule has 0 aliphatic heterocycles. The number of guanidine groups is 1. The largest absolute Gasteiger partial charge is 0.450 e. The van der Waals surface area contributed by atoms with Crippen molar-refractivity contribution in [3.63, 3.8) is 0 Å². The van der Waals surface area contributed by atoms with E-state index in [1.165, 1.54) is 0 Å². The lowest BCUT2D eigenvalue weighted by atomic mass is 10.0. The smallest absolute Gasteiger partial charge is 0.434 e. The zero-order chi connectivity index (χ0) is 21.2. The Labute approximate surface area is 167 Å². The van der Waals surface area contributed by atoms with Crippen LogP contribution in [0.5, 0.6) is 0 Å². The molecule has 0 aliphatic carbocycles. The van der Waals surface area contributed by atoms with Crippen LogP contribution in [0.4, 0.5) is 18.0 Å². The van der Waals surface area contributed by atoms with Crippen molar-refractivity contribution in [1.29, 1.82) is 0 Å². The molecule has 0 aromatic carbocycles. The first kappa shape index (κ1) is 24.0. The molecule has 0 radical (unpaired) electrons. The fourth-order valence-corrected chi connectivity index (χ4v) is 3.19. The van der Waals surface area contributed by atoms with E-state index in [0.717, 1.165) is 23.1 Å². The number of ether oxygens (including phenoxy) is 1. The van der Waals surface area contributed by atoms with Gasteiger partial charge in [0.15, 0.2) is 11.7 Å². The number of alkyl halides is 3. The average Bonchev–Trinajstić information content (AvgIpc) is 3.06. The minimum absolute atomic E-state index is 0.147. The molecule has 1 rings (SSSR count). The van der Waals surface area contributed by atoms with Gasteiger partial charge in [0.1, 0.15) is 0 Å². The van der Waals surface area contributed by atoms with Gasteiger partial charge in [-0.1, -0.05) is 13.8 Å². The number of aromatic nitrogens is 1. The van der Waals surface area contributed by atoms with Gasteiger partial charge >= 0.3 is 12.3 Å². The van der Waals surface area contributed by atoms with E-state index in [2.05, 4.69) is 39.8 Å². The number of carbonyl (C=O) groups is 1. The molecule has 1 unspecified atom stereocenters. The minimum atomic E-state index is -4.42. The monoisotopic (exact) mass is 423 g/mol. The van der Waals surface area contributed by atoms with E-state index < -0.39 is 18.0 Å². The number of nitrogens with one attached hydrogen (secondary N) is 3. The Bertz CT molecular complexity index is 635. The Hall–Kier alpha value is -2.04. The van der Waals surface area contributed by atoms with Gasteiger partial charge in [-0.3, -0.25) is 4.99 Å². The summed E-state index contributed by atoms with van der Waals surface area (Å²) >= 11 is 0.979. The van der Waals surface area contributed by atoms with E-state index in [9.17, 15) is 18.0 Å². The lowest BCUT2D eigenvalue weighted by Gasteiger charge is -2.22. The van der Waals surface area contributed by atoms with Crippen molar-refractivity contribution in [2.45, 2.75) is 45.8 Å². The van der Waals surface area contributed by atoms with Gasteiger partial charge < -0.3 is 20.7 Å². The maximum absolute atomic E-state index is 12.6. The molecule has 0 spiro atoms. The van der Waals surface area contributed by atoms with E-state index in [-0.39, 0.29) is 6.04 Å². The quantitative estimate of drug-likeness (QED) is 0.420. The van der Waals surface area contributed by atoms with Crippen molar-refractivity contribution in [3.8, 4) is 0 Å². The first-order valence-electron chi connectivity index (χ1n) is 9.05. The van der Waals surface area contributed by atoms with Crippen molar-refractivity contribution in [2.75, 3.05) is 26.7 Å². The molecule has 1 heterocycles. The molecule has 3 N–H and O–H groups in total. The summed E-state index contributed by atoms with van der Waals surface area (Å²) < 4.78 is 42.6. The third-order valence-corrected chi connectivity index (χ3v) is 4.47. The summed E-state index contributed by atoms with van der Waals surface area (Å²) in [6.45, 7) is 6.95. The van der Waals surface area contributed by atoms with Crippen LogP contribution in [0.3, 0.4) is 0 Å². The maximum atomic E-state index is 12.6. The van der Waals surface area contributed by atoms with Gasteiger partial charge in [-0.15, -0.1) is 11.3 Å². The first-order valence-corrected chi connectivity index (χ1v) is 9.93. The average molecular weight is 424 g/mol. The summed E-state index contributed by atoms with van der Waals surface area (Å²) in [4.78, 5) is 19.3. The molecule has 7 nitrogen and oxygen atoms in total. The second-order valence-corrected chi connectivity index (χ2v) is 7.39. The normalized spacial score (nSPS) is 13.4. The molecule has 160 valence electrons. The zero-order valence-corrected chi connectivity index (χ0v) is 17.3. The van der Waals surface area contributed by atoms with Crippen molar-refractivity contribution in [1.82, 2.24) is 20.9 Å². The highest BCUT2D eigenvalue weighted by molar-refractivity contribution is 7.09. The van der Waals surface area contributed by atoms with Crippen LogP contribution in [0.1, 0.15) is 37.9 Å². The Balaban J connectivity index is 2.47. The highest BCUT2D eigenvalue weighted by Gasteiger charge is 2.33. The molecule has 11 heteroatoms. The van der Waals surface area contributed by atoms with Crippen LogP contribution in [0.2, 0.25) is 0 Å². The number of aliphatic imine (C=N–C) groups is 1. The number of alkyl carbamates (subject to hydrolysis) is 1. The van der Waals surface area contributed by atoms with Crippen LogP contribution >= 0.6 is 11.3 Å². The van der Waals surface area contributed by atoms with Gasteiger partial charge in [0.25, 0.3) is 0 Å². The number of rotatable bonds is 9. The molecule has 0 fully saturated rings. The predicted octanol–water partition coefficient (Wildman–Crippen LogP) is 3.03. The Morgan fingerprint density at radius 3 is 2.61 bits per heavy atom. The van der Waals surface area contributed by atoms with Crippen LogP contribution in [0.15, 0.2) is 10.4 Å². The number of thiazole rings is 1. The van der Waals surface area contributed by atoms with E-state index in [4.69, 9.17) is 4.74 Å². The Morgan fingerprint density at radius 2 is 2.07 bits per heavy atom. The molecular formula is C17H28F3N5O2S. The molecule has 0 saturated carbocycles. The highest BCUT2D eigenvalue weighted by Crippen LogP contribution is 2.29. The standard InChI is InChI=1S/C17H28F3N5O2S/c1-5-27-16(26)24-12(8-11(2)3)9-23-15(21-4)22-7-6-14-25-13(10-28-14)17(18,19)20/h10-12H,5-9H2,1-4H3,(H,24,26)(H2,21,22,23). The van der Waals surface area contributed by atoms with Gasteiger partial charge in [0.2, 0.25) is 0 Å². The zero-order valence-electron chi connectivity index (χ0n) is 16.5. The SMILES string of the molecule is CCOC(=O)NC(CNC(=NC)NCCc1nc(C(F)(F)F)cs1)CC(C)C. The van der Waals surface area contributed by atoms with Crippen molar-refractivity contribution in [2.24, 2.45) is 10.9 Å². The van der Waals surface area contributed by atoms with Gasteiger partial charge in [-0.05, 0) is 19.3 Å². The summed E-state index contributed by atoms with van der Waals surface area (Å²) in [7, 11) is 1.59. The number of carbonyl (C=O) groups excluding carboxylic acids is 1. The summed E-state index contributed by atoms with van der Waals surface area (Å²) in [6.07, 6.45) is -3.79. The van der Waals surface area contributed by atoms with Crippen LogP contribution < -0.4 is 16.0 Å². The molecule has 1 atom stereocenters. The van der Waals surface area contributed by atoms with Crippen molar-refractivity contribution >= 4 is 23.4 Å². The highest BCUT2D eigenvalue weighted by atomic mass is 32.1. The minimum Gasteiger partial charge on any atom is -0.450 e. The molecule has 28 heavy (non-hydrogen) atoms. The molecule has 0 aliphatic rings. The van der Waals surface area contributed by atoms with Gasteiger partial charge in [-0.25, -0.2) is 9.78 Å². The molecule has 0 bridgehead atoms. The molecular weight excluding hydrogens is 395 g/mol. The van der Waals surface area contributed by atoms with Crippen LogP contribution in [0, 0.1) is 5.92 Å². The lowest BCUT2D eigenvalue weighted by Crippen LogP contribution is -2.48. The molecule has 0 saturated heterocycles. The number of nitrogens with zero attached hydrogens (tertiary/aromatic N) is 2. The third-order valence-electron chi connectivity index (χ3n) is 3.57. The van der Waals surface area contributed by atoms with Crippen molar-refractivity contribution < 1.29 is 22.7 Å². The molecule has 1 aromatic rings. The fourth-order valence-electron chi connectivity index (χ4n) is 2.39. The van der Waals surface area contributed by atoms with Gasteiger partial charge in [0.05, 0.1) is 11.6 Å². The number of amides is 1. The van der Waals surface area contributed by atoms with Gasteiger partial charge in [0, 0.05) is 38.0 Å². The maximum Gasteiger partial charge on any atom is 0.434 e. The lowest BCUT2D eigenvalue weighted by molar-refractivity contribution is -0.140. The van der Waals surface area contributed by atoms with E-state index in [0.29, 0.717) is 43.0 Å². The van der Waals surface area contributed by atoms with E-state index >= 15 is 0 Å². The van der Waals surface area contributed by atoms with Crippen LogP contribution in [-0.2, 0) is 17.3 Å². The topological polar surface area (TPSA) is 87.6 Å². The third kappa shape index (κ3) is 9.25. The Morgan fingerprint density at radius 1 is 1.36 bits per heavy atom. The molecule has 1 amide bonds. The number of hydrogen-bond donors (Lipinski definition) is 3. The molecule has 1 aromatic heterocycles. The van der Waals surface area contributed by atoms with Gasteiger partial charge in [-0.2, -0.15) is 13.2 Å². The first-order chi connectivity index (χ1) is 13.2. The van der Waals surface area contributed by atoms with E-state index in [1.54, 1.807) is 14.0 Å². The number of halogens is 3. The van der Waals surface area contributed by atoms with Crippen LogP contribution in [0.25, 0.3) is 0 Å². The van der Waals surface area contributed by atoms with Crippen molar-refractivity contribution in [3.05, 3.63) is 16.1 Å². The predicted molar refractivity (Wildman–Crippen MR) is 104 cm³/mol. The van der Waals surface area contributed by atoms with Crippen LogP contribution in [-0.4, -0.2) is 49.8 Å². The van der Waals surface area contributed by atoms with E-state index in [1.807, 2.05) is 0 Å². The fraction of sp³-hybridized carbons (Fsp3) is 0.706. The number of hydrogen-bond acceptors (Lipinski definition) is 5. The second kappa shape index (κ2) is 11.7. The second-order valence-electron chi connectivity index (χ2n) is 6.45. The summed E-state index contributed by atoms with van der Waals surface area (Å²) in [5.74, 6) is 0.864. The summed E-state index contributed by atoms with van der Waals surface area (Å²) in [6, 6.07) is -0.147. The Kier molecular flexibility index (Phi) is 10.0. The summed E-state index contributed by atoms with van der Waals surface area (Å²) in [5.41, 5.74) is -0.864.